The van der Waals surface area contributed by atoms with Gasteiger partial charge in [0.2, 0.25) is 5.95 Å². The first-order chi connectivity index (χ1) is 8.79. The van der Waals surface area contributed by atoms with E-state index in [9.17, 15) is 0 Å². The number of fused-ring (bicyclic) bond motifs is 1. The Kier molecular flexibility index (Phi) is 2.91. The number of imidazole rings is 1. The number of nitrogen functional groups attached to an aromatic ring is 1. The van der Waals surface area contributed by atoms with Gasteiger partial charge in [-0.15, -0.1) is 0 Å². The molecular weight excluding hydrogens is 226 g/mol. The van der Waals surface area contributed by atoms with E-state index in [1.165, 1.54) is 13.0 Å². The predicted molar refractivity (Wildman–Crippen MR) is 72.3 cm³/mol. The maximum atomic E-state index is 6.06. The van der Waals surface area contributed by atoms with Gasteiger partial charge >= 0.3 is 0 Å². The van der Waals surface area contributed by atoms with Gasteiger partial charge in [0, 0.05) is 12.7 Å². The largest absolute Gasteiger partial charge is 0.369 e. The summed E-state index contributed by atoms with van der Waals surface area (Å²) in [4.78, 5) is 11.3. The van der Waals surface area contributed by atoms with Crippen LogP contribution < -0.4 is 5.73 Å². The molecule has 5 nitrogen and oxygen atoms in total. The average molecular weight is 245 g/mol. The molecule has 1 fully saturated rings. The maximum absolute atomic E-state index is 6.06. The molecule has 2 aromatic rings. The Labute approximate surface area is 107 Å². The number of piperidine rings is 1. The molecule has 0 radical (unpaired) electrons. The number of rotatable bonds is 2. The van der Waals surface area contributed by atoms with Crippen LogP contribution in [-0.4, -0.2) is 39.1 Å². The standard InChI is InChI=1S/C13H19N5/c1-2-17-8-4-5-10(9-17)18-12-11(16-13(18)14)6-3-7-15-12/h3,6-7,10H,2,4-5,8-9H2,1H3,(H2,14,16). The fourth-order valence-corrected chi connectivity index (χ4v) is 2.84. The third-order valence-electron chi connectivity index (χ3n) is 3.77. The summed E-state index contributed by atoms with van der Waals surface area (Å²) in [6.45, 7) is 5.53. The van der Waals surface area contributed by atoms with Crippen molar-refractivity contribution in [1.82, 2.24) is 19.4 Å². The average Bonchev–Trinajstić information content (AvgIpc) is 2.74. The van der Waals surface area contributed by atoms with Crippen LogP contribution >= 0.6 is 0 Å². The molecule has 0 saturated carbocycles. The number of hydrogen-bond acceptors (Lipinski definition) is 4. The fourth-order valence-electron chi connectivity index (χ4n) is 2.84. The highest BCUT2D eigenvalue weighted by atomic mass is 15.2. The van der Waals surface area contributed by atoms with Crippen molar-refractivity contribution in [3.05, 3.63) is 18.3 Å². The summed E-state index contributed by atoms with van der Waals surface area (Å²) in [6.07, 6.45) is 4.17. The highest BCUT2D eigenvalue weighted by molar-refractivity contribution is 5.74. The van der Waals surface area contributed by atoms with Crippen LogP contribution in [-0.2, 0) is 0 Å². The van der Waals surface area contributed by atoms with E-state index in [0.29, 0.717) is 12.0 Å². The Morgan fingerprint density at radius 3 is 3.22 bits per heavy atom. The third-order valence-corrected chi connectivity index (χ3v) is 3.77. The van der Waals surface area contributed by atoms with Crippen molar-refractivity contribution in [3.8, 4) is 0 Å². The normalized spacial score (nSPS) is 21.5. The first-order valence-electron chi connectivity index (χ1n) is 6.60. The van der Waals surface area contributed by atoms with Crippen LogP contribution in [0.3, 0.4) is 0 Å². The fraction of sp³-hybridized carbons (Fsp3) is 0.538. The van der Waals surface area contributed by atoms with Gasteiger partial charge in [-0.3, -0.25) is 4.57 Å². The van der Waals surface area contributed by atoms with Crippen LogP contribution in [0.1, 0.15) is 25.8 Å². The summed E-state index contributed by atoms with van der Waals surface area (Å²) in [5.74, 6) is 0.589. The van der Waals surface area contributed by atoms with Gasteiger partial charge < -0.3 is 10.6 Å². The van der Waals surface area contributed by atoms with E-state index in [1.54, 1.807) is 6.20 Å². The van der Waals surface area contributed by atoms with Crippen molar-refractivity contribution in [3.63, 3.8) is 0 Å². The topological polar surface area (TPSA) is 60.0 Å². The highest BCUT2D eigenvalue weighted by Gasteiger charge is 2.24. The van der Waals surface area contributed by atoms with E-state index in [0.717, 1.165) is 30.7 Å². The van der Waals surface area contributed by atoms with E-state index in [1.807, 2.05) is 12.1 Å². The number of aromatic nitrogens is 3. The number of likely N-dealkylation sites (N-methyl/N-ethyl adjacent to an activating group) is 1. The van der Waals surface area contributed by atoms with Crippen LogP contribution in [0, 0.1) is 0 Å². The number of pyridine rings is 1. The summed E-state index contributed by atoms with van der Waals surface area (Å²) in [5.41, 5.74) is 7.87. The minimum absolute atomic E-state index is 0.401. The van der Waals surface area contributed by atoms with Gasteiger partial charge in [0.1, 0.15) is 5.52 Å². The monoisotopic (exact) mass is 245 g/mol. The molecule has 2 N–H and O–H groups in total. The van der Waals surface area contributed by atoms with Crippen LogP contribution in [0.4, 0.5) is 5.95 Å². The summed E-state index contributed by atoms with van der Waals surface area (Å²) < 4.78 is 2.11. The van der Waals surface area contributed by atoms with E-state index in [2.05, 4.69) is 26.4 Å². The molecule has 2 aromatic heterocycles. The molecule has 0 spiro atoms. The Hall–Kier alpha value is -1.62. The molecule has 5 heteroatoms. The molecule has 18 heavy (non-hydrogen) atoms. The molecular formula is C13H19N5. The van der Waals surface area contributed by atoms with E-state index in [4.69, 9.17) is 5.73 Å². The summed E-state index contributed by atoms with van der Waals surface area (Å²) in [5, 5.41) is 0. The maximum Gasteiger partial charge on any atom is 0.202 e. The van der Waals surface area contributed by atoms with Gasteiger partial charge in [0.15, 0.2) is 5.65 Å². The lowest BCUT2D eigenvalue weighted by Gasteiger charge is -2.32. The Bertz CT molecular complexity index is 547. The molecule has 1 aliphatic rings. The Balaban J connectivity index is 2.00. The van der Waals surface area contributed by atoms with Gasteiger partial charge in [-0.05, 0) is 38.1 Å². The zero-order valence-electron chi connectivity index (χ0n) is 10.7. The molecule has 1 unspecified atom stereocenters. The van der Waals surface area contributed by atoms with E-state index < -0.39 is 0 Å². The smallest absolute Gasteiger partial charge is 0.202 e. The predicted octanol–water partition coefficient (Wildman–Crippen LogP) is 1.67. The molecule has 96 valence electrons. The van der Waals surface area contributed by atoms with Gasteiger partial charge in [-0.1, -0.05) is 6.92 Å². The van der Waals surface area contributed by atoms with Crippen LogP contribution in [0.15, 0.2) is 18.3 Å². The molecule has 1 aliphatic heterocycles. The lowest BCUT2D eigenvalue weighted by molar-refractivity contribution is 0.188. The zero-order chi connectivity index (χ0) is 12.5. The Morgan fingerprint density at radius 1 is 1.50 bits per heavy atom. The van der Waals surface area contributed by atoms with Crippen molar-refractivity contribution in [2.75, 3.05) is 25.4 Å². The lowest BCUT2D eigenvalue weighted by Crippen LogP contribution is -2.36. The molecule has 1 atom stereocenters. The van der Waals surface area contributed by atoms with Gasteiger partial charge in [-0.25, -0.2) is 9.97 Å². The minimum atomic E-state index is 0.401. The third kappa shape index (κ3) is 1.84. The first kappa shape index (κ1) is 11.5. The molecule has 3 rings (SSSR count). The SMILES string of the molecule is CCN1CCCC(n2c(N)nc3cccnc32)C1. The number of likely N-dealkylation sites (tertiary alicyclic amines) is 1. The van der Waals surface area contributed by atoms with Gasteiger partial charge in [0.05, 0.1) is 6.04 Å². The van der Waals surface area contributed by atoms with Crippen molar-refractivity contribution in [2.45, 2.75) is 25.8 Å². The van der Waals surface area contributed by atoms with Gasteiger partial charge in [-0.2, -0.15) is 0 Å². The lowest BCUT2D eigenvalue weighted by atomic mass is 10.1. The zero-order valence-corrected chi connectivity index (χ0v) is 10.7. The van der Waals surface area contributed by atoms with Crippen molar-refractivity contribution >= 4 is 17.1 Å². The van der Waals surface area contributed by atoms with Crippen LogP contribution in [0.5, 0.6) is 0 Å². The molecule has 1 saturated heterocycles. The van der Waals surface area contributed by atoms with Crippen molar-refractivity contribution in [1.29, 1.82) is 0 Å². The van der Waals surface area contributed by atoms with E-state index in [-0.39, 0.29) is 0 Å². The summed E-state index contributed by atoms with van der Waals surface area (Å²) >= 11 is 0. The number of anilines is 1. The highest BCUT2D eigenvalue weighted by Crippen LogP contribution is 2.27. The summed E-state index contributed by atoms with van der Waals surface area (Å²) in [7, 11) is 0. The van der Waals surface area contributed by atoms with Crippen molar-refractivity contribution < 1.29 is 0 Å². The first-order valence-corrected chi connectivity index (χ1v) is 6.60. The quantitative estimate of drug-likeness (QED) is 0.874. The number of nitrogens with two attached hydrogens (primary N) is 1. The van der Waals surface area contributed by atoms with Gasteiger partial charge in [0.25, 0.3) is 0 Å². The number of hydrogen-bond donors (Lipinski definition) is 1. The molecule has 0 aliphatic carbocycles. The van der Waals surface area contributed by atoms with Crippen LogP contribution in [0.2, 0.25) is 0 Å². The second-order valence-electron chi connectivity index (χ2n) is 4.88. The Morgan fingerprint density at radius 2 is 2.39 bits per heavy atom. The molecule has 3 heterocycles. The molecule has 0 amide bonds. The second-order valence-corrected chi connectivity index (χ2v) is 4.88. The van der Waals surface area contributed by atoms with E-state index >= 15 is 0 Å². The number of nitrogens with zero attached hydrogens (tertiary/aromatic N) is 4. The second kappa shape index (κ2) is 4.57. The van der Waals surface area contributed by atoms with Crippen molar-refractivity contribution in [2.24, 2.45) is 0 Å². The summed E-state index contributed by atoms with van der Waals surface area (Å²) in [6, 6.07) is 4.27. The minimum Gasteiger partial charge on any atom is -0.369 e. The molecule has 0 aromatic carbocycles. The van der Waals surface area contributed by atoms with Crippen LogP contribution in [0.25, 0.3) is 11.2 Å². The molecule has 0 bridgehead atoms.